The van der Waals surface area contributed by atoms with E-state index < -0.39 is 10.1 Å². The molecule has 2 aromatic rings. The Balaban J connectivity index is 1.95. The predicted molar refractivity (Wildman–Crippen MR) is 97.5 cm³/mol. The minimum Gasteiger partial charge on any atom is -0.497 e. The van der Waals surface area contributed by atoms with E-state index in [2.05, 4.69) is 10.2 Å². The molecule has 0 unspecified atom stereocenters. The third-order valence-corrected chi connectivity index (χ3v) is 4.80. The molecule has 0 spiro atoms. The SMILES string of the molecule is COc1ccc(S(=O)(=O)Oc2ccc(CNCCN(C)C)cc2)cc1. The maximum Gasteiger partial charge on any atom is 0.339 e. The van der Waals surface area contributed by atoms with Gasteiger partial charge in [-0.1, -0.05) is 12.1 Å². The van der Waals surface area contributed by atoms with Crippen LogP contribution in [0.5, 0.6) is 11.5 Å². The monoisotopic (exact) mass is 364 g/mol. The van der Waals surface area contributed by atoms with Crippen molar-refractivity contribution in [3.63, 3.8) is 0 Å². The summed E-state index contributed by atoms with van der Waals surface area (Å²) in [4.78, 5) is 2.19. The van der Waals surface area contributed by atoms with Crippen LogP contribution < -0.4 is 14.2 Å². The van der Waals surface area contributed by atoms with Gasteiger partial charge in [0.1, 0.15) is 16.4 Å². The number of benzene rings is 2. The van der Waals surface area contributed by atoms with Crippen molar-refractivity contribution in [3.8, 4) is 11.5 Å². The molecular weight excluding hydrogens is 340 g/mol. The van der Waals surface area contributed by atoms with E-state index in [-0.39, 0.29) is 10.6 Å². The van der Waals surface area contributed by atoms with E-state index >= 15 is 0 Å². The molecule has 0 bridgehead atoms. The minimum absolute atomic E-state index is 0.0859. The first-order chi connectivity index (χ1) is 11.9. The topological polar surface area (TPSA) is 67.9 Å². The van der Waals surface area contributed by atoms with Gasteiger partial charge in [0.15, 0.2) is 0 Å². The fourth-order valence-electron chi connectivity index (χ4n) is 2.12. The van der Waals surface area contributed by atoms with Crippen molar-refractivity contribution in [2.24, 2.45) is 0 Å². The lowest BCUT2D eigenvalue weighted by atomic mass is 10.2. The molecule has 25 heavy (non-hydrogen) atoms. The molecule has 0 amide bonds. The summed E-state index contributed by atoms with van der Waals surface area (Å²) < 4.78 is 34.8. The largest absolute Gasteiger partial charge is 0.497 e. The standard InChI is InChI=1S/C18H24N2O4S/c1-20(2)13-12-19-14-15-4-6-17(7-5-15)24-25(21,22)18-10-8-16(23-3)9-11-18/h4-11,19H,12-14H2,1-3H3. The highest BCUT2D eigenvalue weighted by Crippen LogP contribution is 2.21. The van der Waals surface area contributed by atoms with E-state index in [0.29, 0.717) is 5.75 Å². The highest BCUT2D eigenvalue weighted by atomic mass is 32.2. The zero-order valence-electron chi connectivity index (χ0n) is 14.7. The molecule has 0 fully saturated rings. The Morgan fingerprint density at radius 3 is 2.12 bits per heavy atom. The smallest absolute Gasteiger partial charge is 0.339 e. The van der Waals surface area contributed by atoms with E-state index in [0.717, 1.165) is 25.2 Å². The Bertz CT molecular complexity index is 757. The quantitative estimate of drug-likeness (QED) is 0.543. The zero-order valence-corrected chi connectivity index (χ0v) is 15.5. The molecule has 136 valence electrons. The highest BCUT2D eigenvalue weighted by Gasteiger charge is 2.16. The second-order valence-electron chi connectivity index (χ2n) is 5.84. The lowest BCUT2D eigenvalue weighted by Crippen LogP contribution is -2.26. The molecule has 0 atom stereocenters. The number of ether oxygens (including phenoxy) is 1. The Morgan fingerprint density at radius 2 is 1.56 bits per heavy atom. The van der Waals surface area contributed by atoms with Crippen LogP contribution in [0.4, 0.5) is 0 Å². The second kappa shape index (κ2) is 8.84. The van der Waals surface area contributed by atoms with Crippen LogP contribution in [-0.2, 0) is 16.7 Å². The molecule has 0 aliphatic carbocycles. The maximum absolute atomic E-state index is 12.3. The Kier molecular flexibility index (Phi) is 6.81. The van der Waals surface area contributed by atoms with Crippen LogP contribution in [0.25, 0.3) is 0 Å². The molecular formula is C18H24N2O4S. The lowest BCUT2D eigenvalue weighted by molar-refractivity contribution is 0.400. The molecule has 7 heteroatoms. The van der Waals surface area contributed by atoms with E-state index in [1.807, 2.05) is 26.2 Å². The lowest BCUT2D eigenvalue weighted by Gasteiger charge is -2.11. The first-order valence-corrected chi connectivity index (χ1v) is 9.34. The zero-order chi connectivity index (χ0) is 18.3. The molecule has 1 N–H and O–H groups in total. The number of nitrogens with one attached hydrogen (secondary N) is 1. The number of rotatable bonds is 9. The van der Waals surface area contributed by atoms with Crippen molar-refractivity contribution >= 4 is 10.1 Å². The van der Waals surface area contributed by atoms with Crippen LogP contribution in [0.3, 0.4) is 0 Å². The number of hydrogen-bond donors (Lipinski definition) is 1. The van der Waals surface area contributed by atoms with Gasteiger partial charge in [-0.2, -0.15) is 8.42 Å². The third-order valence-electron chi connectivity index (χ3n) is 3.54. The fourth-order valence-corrected chi connectivity index (χ4v) is 3.05. The Morgan fingerprint density at radius 1 is 0.960 bits per heavy atom. The molecule has 6 nitrogen and oxygen atoms in total. The molecule has 2 aromatic carbocycles. The number of likely N-dealkylation sites (N-methyl/N-ethyl adjacent to an activating group) is 1. The first-order valence-electron chi connectivity index (χ1n) is 7.93. The molecule has 0 heterocycles. The van der Waals surface area contributed by atoms with Crippen molar-refractivity contribution in [1.29, 1.82) is 0 Å². The van der Waals surface area contributed by atoms with E-state index in [1.165, 1.54) is 19.2 Å². The van der Waals surface area contributed by atoms with Gasteiger partial charge < -0.3 is 19.1 Å². The van der Waals surface area contributed by atoms with Crippen molar-refractivity contribution in [2.45, 2.75) is 11.4 Å². The summed E-state index contributed by atoms with van der Waals surface area (Å²) in [7, 11) is 1.72. The van der Waals surface area contributed by atoms with Gasteiger partial charge in [0.2, 0.25) is 0 Å². The summed E-state index contributed by atoms with van der Waals surface area (Å²) in [5.41, 5.74) is 1.06. The van der Waals surface area contributed by atoms with E-state index in [1.54, 1.807) is 24.3 Å². The number of methoxy groups -OCH3 is 1. The molecule has 0 saturated heterocycles. The van der Waals surface area contributed by atoms with Gasteiger partial charge in [-0.3, -0.25) is 0 Å². The summed E-state index contributed by atoms with van der Waals surface area (Å²) in [6.45, 7) is 2.57. The van der Waals surface area contributed by atoms with E-state index in [9.17, 15) is 8.42 Å². The Labute approximate surface area is 149 Å². The molecule has 2 rings (SSSR count). The van der Waals surface area contributed by atoms with Crippen LogP contribution in [0.1, 0.15) is 5.56 Å². The maximum atomic E-state index is 12.3. The van der Waals surface area contributed by atoms with Crippen LogP contribution >= 0.6 is 0 Å². The summed E-state index contributed by atoms with van der Waals surface area (Å²) in [6, 6.07) is 13.1. The predicted octanol–water partition coefficient (Wildman–Crippen LogP) is 2.11. The van der Waals surface area contributed by atoms with Crippen LogP contribution in [0.15, 0.2) is 53.4 Å². The van der Waals surface area contributed by atoms with Gasteiger partial charge >= 0.3 is 10.1 Å². The highest BCUT2D eigenvalue weighted by molar-refractivity contribution is 7.87. The van der Waals surface area contributed by atoms with Gasteiger partial charge in [-0.25, -0.2) is 0 Å². The normalized spacial score (nSPS) is 11.5. The minimum atomic E-state index is -3.86. The average molecular weight is 364 g/mol. The van der Waals surface area contributed by atoms with Gasteiger partial charge in [0, 0.05) is 19.6 Å². The Hall–Kier alpha value is -2.09. The second-order valence-corrected chi connectivity index (χ2v) is 7.38. The van der Waals surface area contributed by atoms with Crippen molar-refractivity contribution in [3.05, 3.63) is 54.1 Å². The molecule has 0 aliphatic heterocycles. The third kappa shape index (κ3) is 6.04. The molecule has 0 aliphatic rings. The summed E-state index contributed by atoms with van der Waals surface area (Å²) >= 11 is 0. The van der Waals surface area contributed by atoms with Crippen molar-refractivity contribution in [2.75, 3.05) is 34.3 Å². The molecule has 0 radical (unpaired) electrons. The molecule has 0 saturated carbocycles. The van der Waals surface area contributed by atoms with Crippen LogP contribution in [0, 0.1) is 0 Å². The van der Waals surface area contributed by atoms with Gasteiger partial charge in [-0.15, -0.1) is 0 Å². The van der Waals surface area contributed by atoms with Gasteiger partial charge in [0.25, 0.3) is 0 Å². The van der Waals surface area contributed by atoms with Gasteiger partial charge in [0.05, 0.1) is 7.11 Å². The first kappa shape index (κ1) is 19.2. The summed E-state index contributed by atoms with van der Waals surface area (Å²) in [5, 5.41) is 3.32. The van der Waals surface area contributed by atoms with Crippen LogP contribution in [-0.4, -0.2) is 47.6 Å². The van der Waals surface area contributed by atoms with Gasteiger partial charge in [-0.05, 0) is 56.1 Å². The fraction of sp³-hybridized carbons (Fsp3) is 0.333. The van der Waals surface area contributed by atoms with Crippen molar-refractivity contribution < 1.29 is 17.3 Å². The molecule has 0 aromatic heterocycles. The summed E-state index contributed by atoms with van der Waals surface area (Å²) in [6.07, 6.45) is 0. The number of hydrogen-bond acceptors (Lipinski definition) is 6. The number of nitrogens with zero attached hydrogens (tertiary/aromatic N) is 1. The van der Waals surface area contributed by atoms with Crippen molar-refractivity contribution in [1.82, 2.24) is 10.2 Å². The van der Waals surface area contributed by atoms with Crippen LogP contribution in [0.2, 0.25) is 0 Å². The van der Waals surface area contributed by atoms with E-state index in [4.69, 9.17) is 8.92 Å². The average Bonchev–Trinajstić information content (AvgIpc) is 2.60. The summed E-state index contributed by atoms with van der Waals surface area (Å²) in [5.74, 6) is 0.873.